The van der Waals surface area contributed by atoms with Crippen LogP contribution in [0, 0.1) is 13.8 Å². The van der Waals surface area contributed by atoms with Crippen LogP contribution in [0.2, 0.25) is 0 Å². The Hall–Kier alpha value is -0.820. The van der Waals surface area contributed by atoms with Crippen LogP contribution < -0.4 is 10.6 Å². The van der Waals surface area contributed by atoms with Crippen LogP contribution in [0.25, 0.3) is 0 Å². The van der Waals surface area contributed by atoms with Gasteiger partial charge in [-0.15, -0.1) is 24.0 Å². The molecule has 0 aromatic heterocycles. The topological polar surface area (TPSA) is 45.7 Å². The molecule has 1 unspecified atom stereocenters. The zero-order chi connectivity index (χ0) is 15.1. The third kappa shape index (κ3) is 6.12. The molecule has 1 atom stereocenters. The third-order valence-electron chi connectivity index (χ3n) is 3.93. The average molecular weight is 417 g/mol. The normalized spacial score (nSPS) is 18.0. The number of aliphatic imine (C=N–C) groups is 1. The van der Waals surface area contributed by atoms with Crippen LogP contribution in [0.3, 0.4) is 0 Å². The van der Waals surface area contributed by atoms with Gasteiger partial charge in [0, 0.05) is 26.7 Å². The molecular weight excluding hydrogens is 389 g/mol. The highest BCUT2D eigenvalue weighted by molar-refractivity contribution is 14.0. The highest BCUT2D eigenvalue weighted by Crippen LogP contribution is 2.11. The van der Waals surface area contributed by atoms with Crippen molar-refractivity contribution in [1.82, 2.24) is 10.6 Å². The molecule has 124 valence electrons. The van der Waals surface area contributed by atoms with E-state index >= 15 is 0 Å². The van der Waals surface area contributed by atoms with Crippen LogP contribution in [0.1, 0.15) is 29.5 Å². The molecule has 0 spiro atoms. The summed E-state index contributed by atoms with van der Waals surface area (Å²) in [5.41, 5.74) is 4.07. The number of aryl methyl sites for hydroxylation is 2. The number of hydrogen-bond acceptors (Lipinski definition) is 2. The minimum atomic E-state index is 0. The van der Waals surface area contributed by atoms with Gasteiger partial charge in [0.25, 0.3) is 0 Å². The van der Waals surface area contributed by atoms with Crippen molar-refractivity contribution >= 4 is 29.9 Å². The SMILES string of the molecule is CN=C(NCCc1ccc(C)cc1C)NCC1CCCO1.I. The van der Waals surface area contributed by atoms with Crippen molar-refractivity contribution in [3.05, 3.63) is 34.9 Å². The summed E-state index contributed by atoms with van der Waals surface area (Å²) in [6.07, 6.45) is 3.66. The molecule has 1 aliphatic rings. The molecule has 0 radical (unpaired) electrons. The number of rotatable bonds is 5. The first kappa shape index (κ1) is 19.2. The molecule has 5 heteroatoms. The monoisotopic (exact) mass is 417 g/mol. The Morgan fingerprint density at radius 2 is 2.14 bits per heavy atom. The summed E-state index contributed by atoms with van der Waals surface area (Å²) < 4.78 is 5.60. The lowest BCUT2D eigenvalue weighted by Gasteiger charge is -2.15. The molecule has 1 heterocycles. The van der Waals surface area contributed by atoms with Gasteiger partial charge in [-0.3, -0.25) is 4.99 Å². The van der Waals surface area contributed by atoms with E-state index in [1.165, 1.54) is 23.1 Å². The van der Waals surface area contributed by atoms with Crippen LogP contribution in [0.5, 0.6) is 0 Å². The zero-order valence-corrected chi connectivity index (χ0v) is 16.1. The Morgan fingerprint density at radius 3 is 2.77 bits per heavy atom. The second-order valence-electron chi connectivity index (χ2n) is 5.69. The fourth-order valence-electron chi connectivity index (χ4n) is 2.68. The quantitative estimate of drug-likeness (QED) is 0.440. The Kier molecular flexibility index (Phi) is 8.78. The molecule has 2 rings (SSSR count). The van der Waals surface area contributed by atoms with E-state index in [0.717, 1.165) is 38.5 Å². The van der Waals surface area contributed by atoms with Crippen LogP contribution in [-0.4, -0.2) is 38.8 Å². The molecule has 0 bridgehead atoms. The summed E-state index contributed by atoms with van der Waals surface area (Å²) in [4.78, 5) is 4.26. The van der Waals surface area contributed by atoms with E-state index in [4.69, 9.17) is 4.74 Å². The highest BCUT2D eigenvalue weighted by Gasteiger charge is 2.15. The van der Waals surface area contributed by atoms with Crippen molar-refractivity contribution in [3.8, 4) is 0 Å². The summed E-state index contributed by atoms with van der Waals surface area (Å²) in [6, 6.07) is 6.63. The largest absolute Gasteiger partial charge is 0.376 e. The van der Waals surface area contributed by atoms with E-state index < -0.39 is 0 Å². The van der Waals surface area contributed by atoms with Crippen molar-refractivity contribution in [1.29, 1.82) is 0 Å². The maximum atomic E-state index is 5.60. The molecule has 0 saturated carbocycles. The van der Waals surface area contributed by atoms with Gasteiger partial charge < -0.3 is 15.4 Å². The lowest BCUT2D eigenvalue weighted by molar-refractivity contribution is 0.114. The number of nitrogens with zero attached hydrogens (tertiary/aromatic N) is 1. The molecule has 0 amide bonds. The Labute approximate surface area is 151 Å². The minimum Gasteiger partial charge on any atom is -0.376 e. The van der Waals surface area contributed by atoms with Gasteiger partial charge in [-0.2, -0.15) is 0 Å². The van der Waals surface area contributed by atoms with E-state index in [0.29, 0.717) is 6.10 Å². The van der Waals surface area contributed by atoms with E-state index in [1.54, 1.807) is 0 Å². The summed E-state index contributed by atoms with van der Waals surface area (Å²) in [5, 5.41) is 6.70. The van der Waals surface area contributed by atoms with Crippen molar-refractivity contribution in [3.63, 3.8) is 0 Å². The molecule has 2 N–H and O–H groups in total. The third-order valence-corrected chi connectivity index (χ3v) is 3.93. The number of halogens is 1. The molecule has 1 aromatic carbocycles. The van der Waals surface area contributed by atoms with Gasteiger partial charge in [0.15, 0.2) is 5.96 Å². The fraction of sp³-hybridized carbons (Fsp3) is 0.588. The van der Waals surface area contributed by atoms with Crippen molar-refractivity contribution < 1.29 is 4.74 Å². The summed E-state index contributed by atoms with van der Waals surface area (Å²) in [5.74, 6) is 0.857. The predicted octanol–water partition coefficient (Wildman–Crippen LogP) is 2.81. The number of nitrogens with one attached hydrogen (secondary N) is 2. The maximum absolute atomic E-state index is 5.60. The van der Waals surface area contributed by atoms with E-state index in [-0.39, 0.29) is 24.0 Å². The number of benzene rings is 1. The van der Waals surface area contributed by atoms with Gasteiger partial charge in [0.1, 0.15) is 0 Å². The minimum absolute atomic E-state index is 0. The van der Waals surface area contributed by atoms with Gasteiger partial charge in [-0.05, 0) is 44.2 Å². The number of guanidine groups is 1. The van der Waals surface area contributed by atoms with Crippen molar-refractivity contribution in [2.45, 2.75) is 39.2 Å². The molecule has 0 aliphatic carbocycles. The second-order valence-corrected chi connectivity index (χ2v) is 5.69. The van der Waals surface area contributed by atoms with Gasteiger partial charge in [-0.1, -0.05) is 23.8 Å². The number of hydrogen-bond donors (Lipinski definition) is 2. The predicted molar refractivity (Wildman–Crippen MR) is 103 cm³/mol. The van der Waals surface area contributed by atoms with Crippen LogP contribution >= 0.6 is 24.0 Å². The first-order chi connectivity index (χ1) is 10.2. The zero-order valence-electron chi connectivity index (χ0n) is 13.8. The van der Waals surface area contributed by atoms with E-state index in [9.17, 15) is 0 Å². The molecule has 1 aromatic rings. The second kappa shape index (κ2) is 10.0. The van der Waals surface area contributed by atoms with Crippen molar-refractivity contribution in [2.24, 2.45) is 4.99 Å². The molecule has 1 fully saturated rings. The van der Waals surface area contributed by atoms with Gasteiger partial charge in [0.05, 0.1) is 6.10 Å². The van der Waals surface area contributed by atoms with Crippen LogP contribution in [0.4, 0.5) is 0 Å². The molecule has 1 saturated heterocycles. The highest BCUT2D eigenvalue weighted by atomic mass is 127. The standard InChI is InChI=1S/C17H27N3O.HI/c1-13-6-7-15(14(2)11-13)8-9-19-17(18-3)20-12-16-5-4-10-21-16;/h6-7,11,16H,4-5,8-10,12H2,1-3H3,(H2,18,19,20);1H. The summed E-state index contributed by atoms with van der Waals surface area (Å²) in [6.45, 7) is 6.92. The molecule has 22 heavy (non-hydrogen) atoms. The fourth-order valence-corrected chi connectivity index (χ4v) is 2.68. The van der Waals surface area contributed by atoms with Crippen LogP contribution in [0.15, 0.2) is 23.2 Å². The van der Waals surface area contributed by atoms with Crippen LogP contribution in [-0.2, 0) is 11.2 Å². The smallest absolute Gasteiger partial charge is 0.191 e. The summed E-state index contributed by atoms with van der Waals surface area (Å²) in [7, 11) is 1.81. The first-order valence-electron chi connectivity index (χ1n) is 7.81. The number of ether oxygens (including phenoxy) is 1. The van der Waals surface area contributed by atoms with Gasteiger partial charge in [-0.25, -0.2) is 0 Å². The first-order valence-corrected chi connectivity index (χ1v) is 7.81. The van der Waals surface area contributed by atoms with E-state index in [2.05, 4.69) is 47.7 Å². The molecular formula is C17H28IN3O. The summed E-state index contributed by atoms with van der Waals surface area (Å²) >= 11 is 0. The maximum Gasteiger partial charge on any atom is 0.191 e. The molecule has 4 nitrogen and oxygen atoms in total. The van der Waals surface area contributed by atoms with Gasteiger partial charge >= 0.3 is 0 Å². The van der Waals surface area contributed by atoms with Crippen molar-refractivity contribution in [2.75, 3.05) is 26.7 Å². The average Bonchev–Trinajstić information content (AvgIpc) is 2.98. The Morgan fingerprint density at radius 1 is 1.32 bits per heavy atom. The lowest BCUT2D eigenvalue weighted by atomic mass is 10.0. The van der Waals surface area contributed by atoms with Gasteiger partial charge in [0.2, 0.25) is 0 Å². The Balaban J connectivity index is 0.00000242. The Bertz CT molecular complexity index is 485. The molecule has 1 aliphatic heterocycles. The lowest BCUT2D eigenvalue weighted by Crippen LogP contribution is -2.41. The van der Waals surface area contributed by atoms with E-state index in [1.807, 2.05) is 7.05 Å².